The van der Waals surface area contributed by atoms with Crippen molar-refractivity contribution in [2.24, 2.45) is 0 Å². The van der Waals surface area contributed by atoms with Crippen molar-refractivity contribution < 1.29 is 4.42 Å². The van der Waals surface area contributed by atoms with E-state index in [1.807, 2.05) is 12.3 Å². The highest BCUT2D eigenvalue weighted by molar-refractivity contribution is 9.10. The molecule has 2 nitrogen and oxygen atoms in total. The molecular weight excluding hydrogens is 218 g/mol. The Hall–Kier alpha value is -0.280. The molecule has 1 aliphatic heterocycles. The summed E-state index contributed by atoms with van der Waals surface area (Å²) in [7, 11) is 0. The van der Waals surface area contributed by atoms with Crippen molar-refractivity contribution >= 4 is 15.9 Å². The summed E-state index contributed by atoms with van der Waals surface area (Å²) in [6, 6.07) is 2.04. The van der Waals surface area contributed by atoms with Gasteiger partial charge in [0.15, 0.2) is 4.67 Å². The number of rotatable bonds is 2. The highest BCUT2D eigenvalue weighted by atomic mass is 79.9. The lowest BCUT2D eigenvalue weighted by atomic mass is 10.3. The standard InChI is InChI=1S/C9H12BrNO/c10-9-5-8(7-12-9)6-11-3-1-2-4-11/h5,7H,1-4,6H2. The third-order valence-electron chi connectivity index (χ3n) is 2.23. The Labute approximate surface area is 80.7 Å². The number of nitrogens with zero attached hydrogens (tertiary/aromatic N) is 1. The third-order valence-corrected chi connectivity index (χ3v) is 2.64. The van der Waals surface area contributed by atoms with Crippen LogP contribution < -0.4 is 0 Å². The second-order valence-electron chi connectivity index (χ2n) is 3.24. The van der Waals surface area contributed by atoms with E-state index in [4.69, 9.17) is 4.42 Å². The molecule has 1 saturated heterocycles. The van der Waals surface area contributed by atoms with Crippen molar-refractivity contribution in [2.75, 3.05) is 13.1 Å². The predicted octanol–water partition coefficient (Wildman–Crippen LogP) is 2.64. The van der Waals surface area contributed by atoms with Crippen LogP contribution >= 0.6 is 15.9 Å². The molecule has 0 aliphatic carbocycles. The van der Waals surface area contributed by atoms with Gasteiger partial charge < -0.3 is 4.42 Å². The van der Waals surface area contributed by atoms with Crippen LogP contribution in [0.25, 0.3) is 0 Å². The van der Waals surface area contributed by atoms with E-state index in [1.54, 1.807) is 0 Å². The molecule has 0 N–H and O–H groups in total. The summed E-state index contributed by atoms with van der Waals surface area (Å²) < 4.78 is 6.00. The van der Waals surface area contributed by atoms with Gasteiger partial charge in [0.25, 0.3) is 0 Å². The quantitative estimate of drug-likeness (QED) is 0.776. The Kier molecular flexibility index (Phi) is 2.51. The first-order valence-electron chi connectivity index (χ1n) is 4.30. The molecule has 1 aromatic rings. The van der Waals surface area contributed by atoms with E-state index in [-0.39, 0.29) is 0 Å². The molecule has 0 spiro atoms. The van der Waals surface area contributed by atoms with Crippen molar-refractivity contribution in [3.05, 3.63) is 22.6 Å². The number of hydrogen-bond donors (Lipinski definition) is 0. The lowest BCUT2D eigenvalue weighted by molar-refractivity contribution is 0.330. The predicted molar refractivity (Wildman–Crippen MR) is 50.9 cm³/mol. The van der Waals surface area contributed by atoms with E-state index in [0.29, 0.717) is 0 Å². The second-order valence-corrected chi connectivity index (χ2v) is 4.02. The van der Waals surface area contributed by atoms with Crippen LogP contribution in [0.2, 0.25) is 0 Å². The molecule has 0 saturated carbocycles. The van der Waals surface area contributed by atoms with Crippen LogP contribution in [0.15, 0.2) is 21.4 Å². The summed E-state index contributed by atoms with van der Waals surface area (Å²) in [4.78, 5) is 2.46. The molecule has 0 aromatic carbocycles. The van der Waals surface area contributed by atoms with Gasteiger partial charge in [0, 0.05) is 12.1 Å². The summed E-state index contributed by atoms with van der Waals surface area (Å²) in [6.07, 6.45) is 4.51. The number of likely N-dealkylation sites (tertiary alicyclic amines) is 1. The van der Waals surface area contributed by atoms with Gasteiger partial charge in [-0.05, 0) is 47.9 Å². The van der Waals surface area contributed by atoms with Crippen LogP contribution in [0.4, 0.5) is 0 Å². The maximum absolute atomic E-state index is 5.16. The lowest BCUT2D eigenvalue weighted by Crippen LogP contribution is -2.17. The Morgan fingerprint density at radius 2 is 2.17 bits per heavy atom. The van der Waals surface area contributed by atoms with Gasteiger partial charge in [0.05, 0.1) is 6.26 Å². The Morgan fingerprint density at radius 1 is 1.42 bits per heavy atom. The van der Waals surface area contributed by atoms with Crippen molar-refractivity contribution in [3.8, 4) is 0 Å². The van der Waals surface area contributed by atoms with Crippen molar-refractivity contribution in [1.82, 2.24) is 4.90 Å². The fraction of sp³-hybridized carbons (Fsp3) is 0.556. The molecule has 1 fully saturated rings. The fourth-order valence-electron chi connectivity index (χ4n) is 1.63. The maximum Gasteiger partial charge on any atom is 0.169 e. The van der Waals surface area contributed by atoms with Crippen molar-refractivity contribution in [2.45, 2.75) is 19.4 Å². The van der Waals surface area contributed by atoms with E-state index in [9.17, 15) is 0 Å². The van der Waals surface area contributed by atoms with Crippen LogP contribution in [0, 0.1) is 0 Å². The number of halogens is 1. The number of furan rings is 1. The van der Waals surface area contributed by atoms with Gasteiger partial charge in [0.1, 0.15) is 0 Å². The lowest BCUT2D eigenvalue weighted by Gasteiger charge is -2.11. The van der Waals surface area contributed by atoms with Gasteiger partial charge in [-0.25, -0.2) is 0 Å². The van der Waals surface area contributed by atoms with E-state index in [0.717, 1.165) is 11.2 Å². The summed E-state index contributed by atoms with van der Waals surface area (Å²) in [5.41, 5.74) is 1.27. The molecule has 0 amide bonds. The first kappa shape index (κ1) is 8.32. The van der Waals surface area contributed by atoms with E-state index >= 15 is 0 Å². The van der Waals surface area contributed by atoms with E-state index in [1.165, 1.54) is 31.5 Å². The average Bonchev–Trinajstić information content (AvgIpc) is 2.63. The van der Waals surface area contributed by atoms with Crippen LogP contribution in [0.5, 0.6) is 0 Å². The molecule has 2 rings (SSSR count). The largest absolute Gasteiger partial charge is 0.457 e. The van der Waals surface area contributed by atoms with Crippen molar-refractivity contribution in [3.63, 3.8) is 0 Å². The molecule has 2 heterocycles. The SMILES string of the molecule is Brc1cc(CN2CCCC2)co1. The molecule has 1 aromatic heterocycles. The molecule has 0 unspecified atom stereocenters. The maximum atomic E-state index is 5.16. The van der Waals surface area contributed by atoms with Crippen LogP contribution in [0.1, 0.15) is 18.4 Å². The van der Waals surface area contributed by atoms with Gasteiger partial charge in [-0.3, -0.25) is 4.90 Å². The second kappa shape index (κ2) is 3.62. The molecular formula is C9H12BrNO. The smallest absolute Gasteiger partial charge is 0.169 e. The summed E-state index contributed by atoms with van der Waals surface area (Å²) in [6.45, 7) is 3.51. The van der Waals surface area contributed by atoms with E-state index < -0.39 is 0 Å². The minimum atomic E-state index is 0.830. The molecule has 0 atom stereocenters. The minimum Gasteiger partial charge on any atom is -0.457 e. The van der Waals surface area contributed by atoms with Gasteiger partial charge in [-0.15, -0.1) is 0 Å². The molecule has 66 valence electrons. The summed E-state index contributed by atoms with van der Waals surface area (Å²) in [5.74, 6) is 0. The summed E-state index contributed by atoms with van der Waals surface area (Å²) in [5, 5.41) is 0. The highest BCUT2D eigenvalue weighted by Gasteiger charge is 2.12. The Bertz CT molecular complexity index is 253. The van der Waals surface area contributed by atoms with Crippen LogP contribution in [0.3, 0.4) is 0 Å². The first-order chi connectivity index (χ1) is 5.84. The molecule has 3 heteroatoms. The molecule has 0 bridgehead atoms. The van der Waals surface area contributed by atoms with Gasteiger partial charge in [-0.2, -0.15) is 0 Å². The Morgan fingerprint density at radius 3 is 2.75 bits per heavy atom. The topological polar surface area (TPSA) is 16.4 Å². The average molecular weight is 230 g/mol. The van der Waals surface area contributed by atoms with Gasteiger partial charge in [0.2, 0.25) is 0 Å². The number of hydrogen-bond acceptors (Lipinski definition) is 2. The Balaban J connectivity index is 1.94. The highest BCUT2D eigenvalue weighted by Crippen LogP contribution is 2.17. The van der Waals surface area contributed by atoms with Crippen LogP contribution in [-0.2, 0) is 6.54 Å². The monoisotopic (exact) mass is 229 g/mol. The molecule has 12 heavy (non-hydrogen) atoms. The van der Waals surface area contributed by atoms with Gasteiger partial charge >= 0.3 is 0 Å². The zero-order valence-electron chi connectivity index (χ0n) is 6.92. The van der Waals surface area contributed by atoms with Crippen molar-refractivity contribution in [1.29, 1.82) is 0 Å². The zero-order chi connectivity index (χ0) is 8.39. The van der Waals surface area contributed by atoms with E-state index in [2.05, 4.69) is 20.8 Å². The van der Waals surface area contributed by atoms with Crippen LogP contribution in [-0.4, -0.2) is 18.0 Å². The van der Waals surface area contributed by atoms with Gasteiger partial charge in [-0.1, -0.05) is 0 Å². The molecule has 1 aliphatic rings. The summed E-state index contributed by atoms with van der Waals surface area (Å²) >= 11 is 3.30. The fourth-order valence-corrected chi connectivity index (χ4v) is 2.02. The third kappa shape index (κ3) is 1.90. The molecule has 0 radical (unpaired) electrons. The minimum absolute atomic E-state index is 0.830. The first-order valence-corrected chi connectivity index (χ1v) is 5.09. The normalized spacial score (nSPS) is 18.8. The zero-order valence-corrected chi connectivity index (χ0v) is 8.51.